The van der Waals surface area contributed by atoms with Gasteiger partial charge in [0.15, 0.2) is 11.5 Å². The van der Waals surface area contributed by atoms with Gasteiger partial charge in [-0.1, -0.05) is 12.1 Å². The van der Waals surface area contributed by atoms with Crippen molar-refractivity contribution in [3.8, 4) is 23.0 Å². The van der Waals surface area contributed by atoms with Crippen LogP contribution in [0.15, 0.2) is 36.4 Å². The van der Waals surface area contributed by atoms with E-state index in [0.29, 0.717) is 29.4 Å². The second kappa shape index (κ2) is 9.56. The largest absolute Gasteiger partial charge is 0.493 e. The van der Waals surface area contributed by atoms with Crippen LogP contribution in [-0.4, -0.2) is 40.5 Å². The number of methoxy groups -OCH3 is 3. The molecule has 0 saturated heterocycles. The van der Waals surface area contributed by atoms with Crippen molar-refractivity contribution in [2.75, 3.05) is 34.5 Å². The Morgan fingerprint density at radius 1 is 0.923 bits per heavy atom. The van der Waals surface area contributed by atoms with E-state index < -0.39 is 0 Å². The molecule has 0 N–H and O–H groups in total. The first kappa shape index (κ1) is 19.4. The molecule has 2 aromatic carbocycles. The van der Waals surface area contributed by atoms with E-state index in [1.807, 2.05) is 31.2 Å². The van der Waals surface area contributed by atoms with Crippen LogP contribution in [-0.2, 0) is 16.0 Å². The number of esters is 1. The van der Waals surface area contributed by atoms with Crippen molar-refractivity contribution >= 4 is 5.97 Å². The summed E-state index contributed by atoms with van der Waals surface area (Å²) < 4.78 is 26.6. The van der Waals surface area contributed by atoms with Gasteiger partial charge in [0.25, 0.3) is 0 Å². The fourth-order valence-electron chi connectivity index (χ4n) is 2.48. The highest BCUT2D eigenvalue weighted by atomic mass is 16.6. The molecule has 0 unspecified atom stereocenters. The van der Waals surface area contributed by atoms with Gasteiger partial charge in [-0.3, -0.25) is 4.79 Å². The van der Waals surface area contributed by atoms with Crippen molar-refractivity contribution in [1.82, 2.24) is 0 Å². The second-order valence-electron chi connectivity index (χ2n) is 5.60. The molecule has 26 heavy (non-hydrogen) atoms. The molecule has 2 aromatic rings. The van der Waals surface area contributed by atoms with Gasteiger partial charge in [-0.15, -0.1) is 0 Å². The summed E-state index contributed by atoms with van der Waals surface area (Å²) in [6.07, 6.45) is 0.0984. The molecular formula is C20H24O6. The van der Waals surface area contributed by atoms with Crippen LogP contribution in [0.5, 0.6) is 23.0 Å². The molecule has 140 valence electrons. The molecule has 0 amide bonds. The molecule has 0 saturated carbocycles. The van der Waals surface area contributed by atoms with E-state index >= 15 is 0 Å². The number of hydrogen-bond donors (Lipinski definition) is 0. The molecule has 0 atom stereocenters. The van der Waals surface area contributed by atoms with Gasteiger partial charge in [0, 0.05) is 0 Å². The molecule has 2 rings (SSSR count). The Kier molecular flexibility index (Phi) is 7.14. The van der Waals surface area contributed by atoms with E-state index in [-0.39, 0.29) is 19.0 Å². The van der Waals surface area contributed by atoms with Crippen LogP contribution < -0.4 is 18.9 Å². The number of hydrogen-bond acceptors (Lipinski definition) is 6. The molecule has 6 nitrogen and oxygen atoms in total. The Hall–Kier alpha value is -2.89. The van der Waals surface area contributed by atoms with E-state index in [0.717, 1.165) is 11.3 Å². The van der Waals surface area contributed by atoms with Crippen molar-refractivity contribution < 1.29 is 28.5 Å². The number of ether oxygens (including phenoxy) is 5. The zero-order valence-corrected chi connectivity index (χ0v) is 15.5. The summed E-state index contributed by atoms with van der Waals surface area (Å²) in [4.78, 5) is 12.0. The van der Waals surface area contributed by atoms with Crippen molar-refractivity contribution in [3.63, 3.8) is 0 Å². The normalized spacial score (nSPS) is 10.2. The Bertz CT molecular complexity index is 716. The third-order valence-corrected chi connectivity index (χ3v) is 3.68. The third-order valence-electron chi connectivity index (χ3n) is 3.68. The molecule has 0 aliphatic rings. The summed E-state index contributed by atoms with van der Waals surface area (Å²) in [5.74, 6) is 1.88. The molecule has 0 aromatic heterocycles. The molecule has 0 aliphatic carbocycles. The van der Waals surface area contributed by atoms with Gasteiger partial charge in [0.2, 0.25) is 5.75 Å². The fraction of sp³-hybridized carbons (Fsp3) is 0.350. The minimum absolute atomic E-state index is 0.0984. The maximum Gasteiger partial charge on any atom is 0.310 e. The van der Waals surface area contributed by atoms with E-state index in [1.165, 1.54) is 21.3 Å². The number of rotatable bonds is 9. The lowest BCUT2D eigenvalue weighted by Gasteiger charge is -2.14. The summed E-state index contributed by atoms with van der Waals surface area (Å²) >= 11 is 0. The predicted molar refractivity (Wildman–Crippen MR) is 97.4 cm³/mol. The van der Waals surface area contributed by atoms with Crippen LogP contribution >= 0.6 is 0 Å². The van der Waals surface area contributed by atoms with Crippen LogP contribution in [0.25, 0.3) is 0 Å². The zero-order chi connectivity index (χ0) is 18.9. The number of benzene rings is 2. The average molecular weight is 360 g/mol. The maximum atomic E-state index is 12.0. The minimum Gasteiger partial charge on any atom is -0.493 e. The highest BCUT2D eigenvalue weighted by Gasteiger charge is 2.15. The van der Waals surface area contributed by atoms with Crippen LogP contribution in [0.4, 0.5) is 0 Å². The second-order valence-corrected chi connectivity index (χ2v) is 5.60. The van der Waals surface area contributed by atoms with E-state index in [4.69, 9.17) is 23.7 Å². The Morgan fingerprint density at radius 3 is 2.19 bits per heavy atom. The Morgan fingerprint density at radius 2 is 1.62 bits per heavy atom. The van der Waals surface area contributed by atoms with Crippen LogP contribution in [0, 0.1) is 6.92 Å². The van der Waals surface area contributed by atoms with Gasteiger partial charge in [-0.05, 0) is 42.3 Å². The van der Waals surface area contributed by atoms with Crippen LogP contribution in [0.3, 0.4) is 0 Å². The lowest BCUT2D eigenvalue weighted by molar-refractivity contribution is -0.143. The first-order valence-corrected chi connectivity index (χ1v) is 8.21. The highest BCUT2D eigenvalue weighted by molar-refractivity contribution is 5.73. The lowest BCUT2D eigenvalue weighted by Crippen LogP contribution is -2.14. The zero-order valence-electron chi connectivity index (χ0n) is 15.5. The number of carbonyl (C=O) groups is 1. The van der Waals surface area contributed by atoms with E-state index in [1.54, 1.807) is 12.1 Å². The number of carbonyl (C=O) groups excluding carboxylic acids is 1. The maximum absolute atomic E-state index is 12.0. The van der Waals surface area contributed by atoms with Gasteiger partial charge in [-0.2, -0.15) is 0 Å². The summed E-state index contributed by atoms with van der Waals surface area (Å²) in [5.41, 5.74) is 1.82. The summed E-state index contributed by atoms with van der Waals surface area (Å²) in [7, 11) is 4.59. The summed E-state index contributed by atoms with van der Waals surface area (Å²) in [6.45, 7) is 2.46. The standard InChI is InChI=1S/C20H24O6/c1-14-6-5-7-16(10-14)25-8-9-26-19(21)13-15-11-17(22-2)20(24-4)18(12-15)23-3/h5-7,10-12H,8-9,13H2,1-4H3. The van der Waals surface area contributed by atoms with Crippen LogP contribution in [0.2, 0.25) is 0 Å². The van der Waals surface area contributed by atoms with Crippen molar-refractivity contribution in [3.05, 3.63) is 47.5 Å². The molecule has 0 radical (unpaired) electrons. The Labute approximate surface area is 153 Å². The van der Waals surface area contributed by atoms with E-state index in [2.05, 4.69) is 0 Å². The topological polar surface area (TPSA) is 63.2 Å². The molecule has 0 aliphatic heterocycles. The smallest absolute Gasteiger partial charge is 0.310 e. The average Bonchev–Trinajstić information content (AvgIpc) is 2.64. The molecular weight excluding hydrogens is 336 g/mol. The van der Waals surface area contributed by atoms with Gasteiger partial charge >= 0.3 is 5.97 Å². The first-order valence-electron chi connectivity index (χ1n) is 8.21. The minimum atomic E-state index is -0.355. The van der Waals surface area contributed by atoms with Gasteiger partial charge < -0.3 is 23.7 Å². The SMILES string of the molecule is COc1cc(CC(=O)OCCOc2cccc(C)c2)cc(OC)c1OC. The summed E-state index contributed by atoms with van der Waals surface area (Å²) in [6, 6.07) is 11.2. The molecule has 0 fully saturated rings. The number of aryl methyl sites for hydroxylation is 1. The van der Waals surface area contributed by atoms with E-state index in [9.17, 15) is 4.79 Å². The quantitative estimate of drug-likeness (QED) is 0.506. The molecule has 0 spiro atoms. The summed E-state index contributed by atoms with van der Waals surface area (Å²) in [5, 5.41) is 0. The Balaban J connectivity index is 1.87. The lowest BCUT2D eigenvalue weighted by atomic mass is 10.1. The van der Waals surface area contributed by atoms with Crippen molar-refractivity contribution in [1.29, 1.82) is 0 Å². The fourth-order valence-corrected chi connectivity index (χ4v) is 2.48. The molecule has 6 heteroatoms. The van der Waals surface area contributed by atoms with Gasteiger partial charge in [-0.25, -0.2) is 0 Å². The van der Waals surface area contributed by atoms with Crippen LogP contribution in [0.1, 0.15) is 11.1 Å². The highest BCUT2D eigenvalue weighted by Crippen LogP contribution is 2.38. The van der Waals surface area contributed by atoms with Gasteiger partial charge in [0.1, 0.15) is 19.0 Å². The molecule has 0 heterocycles. The first-order chi connectivity index (χ1) is 12.6. The van der Waals surface area contributed by atoms with Crippen molar-refractivity contribution in [2.45, 2.75) is 13.3 Å². The molecule has 0 bridgehead atoms. The monoisotopic (exact) mass is 360 g/mol. The third kappa shape index (κ3) is 5.31. The van der Waals surface area contributed by atoms with Gasteiger partial charge in [0.05, 0.1) is 27.8 Å². The van der Waals surface area contributed by atoms with Crippen molar-refractivity contribution in [2.24, 2.45) is 0 Å². The predicted octanol–water partition coefficient (Wildman–Crippen LogP) is 3.19.